The van der Waals surface area contributed by atoms with Crippen LogP contribution in [0.25, 0.3) is 0 Å². The van der Waals surface area contributed by atoms with Gasteiger partial charge in [0, 0.05) is 13.2 Å². The van der Waals surface area contributed by atoms with Crippen LogP contribution in [0.1, 0.15) is 43.9 Å². The molecule has 3 nitrogen and oxygen atoms in total. The van der Waals surface area contributed by atoms with Crippen LogP contribution in [-0.2, 0) is 4.74 Å². The summed E-state index contributed by atoms with van der Waals surface area (Å²) in [6.07, 6.45) is 8.35. The van der Waals surface area contributed by atoms with Gasteiger partial charge in [-0.3, -0.25) is 0 Å². The summed E-state index contributed by atoms with van der Waals surface area (Å²) in [6.45, 7) is 0.671. The zero-order valence-electron chi connectivity index (χ0n) is 9.95. The highest BCUT2D eigenvalue weighted by Gasteiger charge is 2.20. The van der Waals surface area contributed by atoms with Gasteiger partial charge in [-0.15, -0.1) is 0 Å². The highest BCUT2D eigenvalue weighted by Crippen LogP contribution is 2.22. The normalized spacial score (nSPS) is 19.8. The molecule has 1 fully saturated rings. The monoisotopic (exact) mass is 223 g/mol. The Morgan fingerprint density at radius 3 is 2.88 bits per heavy atom. The molecule has 16 heavy (non-hydrogen) atoms. The first-order valence-corrected chi connectivity index (χ1v) is 6.18. The smallest absolute Gasteiger partial charge is 0.123 e. The predicted octanol–water partition coefficient (Wildman–Crippen LogP) is 2.89. The molecule has 1 heterocycles. The molecule has 1 aliphatic rings. The molecule has 1 unspecified atom stereocenters. The minimum absolute atomic E-state index is 0.197. The lowest BCUT2D eigenvalue weighted by Gasteiger charge is -2.27. The Balaban J connectivity index is 1.91. The lowest BCUT2D eigenvalue weighted by molar-refractivity contribution is 0.146. The molecular formula is C13H21NO2. The van der Waals surface area contributed by atoms with Gasteiger partial charge in [0.05, 0.1) is 18.9 Å². The van der Waals surface area contributed by atoms with E-state index in [1.54, 1.807) is 13.4 Å². The fraction of sp³-hybridized carbons (Fsp3) is 0.692. The van der Waals surface area contributed by atoms with Crippen molar-refractivity contribution >= 4 is 0 Å². The summed E-state index contributed by atoms with van der Waals surface area (Å²) < 4.78 is 10.7. The van der Waals surface area contributed by atoms with Gasteiger partial charge in [0.25, 0.3) is 0 Å². The summed E-state index contributed by atoms with van der Waals surface area (Å²) in [5, 5.41) is 3.64. The minimum Gasteiger partial charge on any atom is -0.468 e. The van der Waals surface area contributed by atoms with E-state index in [1.165, 1.54) is 32.1 Å². The third kappa shape index (κ3) is 3.09. The van der Waals surface area contributed by atoms with Crippen LogP contribution in [0.4, 0.5) is 0 Å². The lowest BCUT2D eigenvalue weighted by atomic mass is 9.95. The molecule has 0 spiro atoms. The van der Waals surface area contributed by atoms with Gasteiger partial charge in [-0.1, -0.05) is 19.3 Å². The van der Waals surface area contributed by atoms with E-state index >= 15 is 0 Å². The van der Waals surface area contributed by atoms with Gasteiger partial charge in [-0.05, 0) is 25.0 Å². The molecule has 0 amide bonds. The van der Waals surface area contributed by atoms with E-state index < -0.39 is 0 Å². The Bertz CT molecular complexity index is 278. The Morgan fingerprint density at radius 2 is 2.25 bits per heavy atom. The molecule has 3 heteroatoms. The van der Waals surface area contributed by atoms with Gasteiger partial charge in [0.15, 0.2) is 0 Å². The fourth-order valence-corrected chi connectivity index (χ4v) is 2.42. The second-order valence-corrected chi connectivity index (χ2v) is 4.52. The number of rotatable bonds is 5. The number of nitrogens with one attached hydrogen (secondary N) is 1. The van der Waals surface area contributed by atoms with Gasteiger partial charge in [-0.2, -0.15) is 0 Å². The molecular weight excluding hydrogens is 202 g/mol. The average molecular weight is 223 g/mol. The summed E-state index contributed by atoms with van der Waals surface area (Å²) in [5.74, 6) is 0.979. The van der Waals surface area contributed by atoms with E-state index in [2.05, 4.69) is 5.32 Å². The molecule has 1 atom stereocenters. The number of methoxy groups -OCH3 is 1. The van der Waals surface area contributed by atoms with Crippen molar-refractivity contribution in [3.63, 3.8) is 0 Å². The van der Waals surface area contributed by atoms with Crippen molar-refractivity contribution in [2.45, 2.75) is 44.2 Å². The zero-order chi connectivity index (χ0) is 11.2. The van der Waals surface area contributed by atoms with Crippen molar-refractivity contribution in [3.8, 4) is 0 Å². The van der Waals surface area contributed by atoms with Crippen LogP contribution in [0.3, 0.4) is 0 Å². The van der Waals surface area contributed by atoms with Crippen molar-refractivity contribution in [3.05, 3.63) is 24.2 Å². The molecule has 0 bridgehead atoms. The maximum absolute atomic E-state index is 5.45. The van der Waals surface area contributed by atoms with Crippen LogP contribution >= 0.6 is 0 Å². The molecule has 0 radical (unpaired) electrons. The molecule has 0 aromatic carbocycles. The Hall–Kier alpha value is -0.800. The van der Waals surface area contributed by atoms with Gasteiger partial charge < -0.3 is 14.5 Å². The number of hydrogen-bond acceptors (Lipinski definition) is 3. The van der Waals surface area contributed by atoms with Gasteiger partial charge in [0.2, 0.25) is 0 Å². The molecule has 0 saturated heterocycles. The Kier molecular flexibility index (Phi) is 4.43. The topological polar surface area (TPSA) is 34.4 Å². The van der Waals surface area contributed by atoms with E-state index in [-0.39, 0.29) is 6.04 Å². The first-order chi connectivity index (χ1) is 7.90. The molecule has 1 aliphatic carbocycles. The largest absolute Gasteiger partial charge is 0.468 e. The summed E-state index contributed by atoms with van der Waals surface area (Å²) >= 11 is 0. The van der Waals surface area contributed by atoms with E-state index in [4.69, 9.17) is 9.15 Å². The number of ether oxygens (including phenoxy) is 1. The van der Waals surface area contributed by atoms with Crippen molar-refractivity contribution in [1.29, 1.82) is 0 Å². The van der Waals surface area contributed by atoms with Crippen molar-refractivity contribution in [1.82, 2.24) is 5.32 Å². The fourth-order valence-electron chi connectivity index (χ4n) is 2.42. The maximum Gasteiger partial charge on any atom is 0.123 e. The molecule has 0 aliphatic heterocycles. The van der Waals surface area contributed by atoms with Crippen LogP contribution < -0.4 is 5.32 Å². The highest BCUT2D eigenvalue weighted by atomic mass is 16.5. The summed E-state index contributed by atoms with van der Waals surface area (Å²) in [4.78, 5) is 0. The highest BCUT2D eigenvalue weighted by molar-refractivity contribution is 5.05. The SMILES string of the molecule is COCC(NC1CCCCC1)c1ccco1. The molecule has 1 aromatic rings. The third-order valence-electron chi connectivity index (χ3n) is 3.26. The standard InChI is InChI=1S/C13H21NO2/c1-15-10-12(13-8-5-9-16-13)14-11-6-3-2-4-7-11/h5,8-9,11-12,14H,2-4,6-7,10H2,1H3. The zero-order valence-corrected chi connectivity index (χ0v) is 9.95. The van der Waals surface area contributed by atoms with Gasteiger partial charge in [-0.25, -0.2) is 0 Å². The van der Waals surface area contributed by atoms with Crippen molar-refractivity contribution < 1.29 is 9.15 Å². The number of hydrogen-bond donors (Lipinski definition) is 1. The van der Waals surface area contributed by atoms with Crippen LogP contribution in [0, 0.1) is 0 Å². The third-order valence-corrected chi connectivity index (χ3v) is 3.26. The minimum atomic E-state index is 0.197. The van der Waals surface area contributed by atoms with E-state index in [0.717, 1.165) is 5.76 Å². The maximum atomic E-state index is 5.45. The summed E-state index contributed by atoms with van der Waals surface area (Å²) in [7, 11) is 1.73. The average Bonchev–Trinajstić information content (AvgIpc) is 2.83. The van der Waals surface area contributed by atoms with Crippen LogP contribution in [-0.4, -0.2) is 19.8 Å². The van der Waals surface area contributed by atoms with Gasteiger partial charge in [0.1, 0.15) is 5.76 Å². The Labute approximate surface area is 97.2 Å². The molecule has 90 valence electrons. The predicted molar refractivity (Wildman–Crippen MR) is 63.3 cm³/mol. The van der Waals surface area contributed by atoms with Crippen LogP contribution in [0.2, 0.25) is 0 Å². The second kappa shape index (κ2) is 6.06. The van der Waals surface area contributed by atoms with Gasteiger partial charge >= 0.3 is 0 Å². The van der Waals surface area contributed by atoms with Crippen molar-refractivity contribution in [2.75, 3.05) is 13.7 Å². The van der Waals surface area contributed by atoms with Crippen LogP contribution in [0.5, 0.6) is 0 Å². The molecule has 1 aromatic heterocycles. The van der Waals surface area contributed by atoms with E-state index in [0.29, 0.717) is 12.6 Å². The van der Waals surface area contributed by atoms with Crippen molar-refractivity contribution in [2.24, 2.45) is 0 Å². The molecule has 1 N–H and O–H groups in total. The first-order valence-electron chi connectivity index (χ1n) is 6.18. The second-order valence-electron chi connectivity index (χ2n) is 4.52. The summed E-state index contributed by atoms with van der Waals surface area (Å²) in [5.41, 5.74) is 0. The lowest BCUT2D eigenvalue weighted by Crippen LogP contribution is -2.36. The summed E-state index contributed by atoms with van der Waals surface area (Å²) in [6, 6.07) is 4.77. The van der Waals surface area contributed by atoms with E-state index in [9.17, 15) is 0 Å². The van der Waals surface area contributed by atoms with Crippen LogP contribution in [0.15, 0.2) is 22.8 Å². The quantitative estimate of drug-likeness (QED) is 0.833. The first kappa shape index (κ1) is 11.7. The van der Waals surface area contributed by atoms with E-state index in [1.807, 2.05) is 12.1 Å². The molecule has 2 rings (SSSR count). The number of furan rings is 1. The molecule has 1 saturated carbocycles. The Morgan fingerprint density at radius 1 is 1.44 bits per heavy atom.